The lowest BCUT2D eigenvalue weighted by molar-refractivity contribution is -0.146. The second-order valence-corrected chi connectivity index (χ2v) is 10.1. The van der Waals surface area contributed by atoms with Crippen LogP contribution in [0.4, 0.5) is 32.0 Å². The average Bonchev–Trinajstić information content (AvgIpc) is 3.40. The number of pyridine rings is 1. The molecule has 7 nitrogen and oxygen atoms in total. The third kappa shape index (κ3) is 6.36. The molecule has 3 heterocycles. The van der Waals surface area contributed by atoms with Gasteiger partial charge in [-0.1, -0.05) is 35.9 Å². The fraction of sp³-hybridized carbons (Fsp3) is 0.250. The van der Waals surface area contributed by atoms with Gasteiger partial charge in [0.05, 0.1) is 18.4 Å². The Hall–Kier alpha value is -4.10. The topological polar surface area (TPSA) is 74.5 Å². The third-order valence-electron chi connectivity index (χ3n) is 6.80. The van der Waals surface area contributed by atoms with Crippen LogP contribution >= 0.6 is 11.6 Å². The Morgan fingerprint density at radius 2 is 1.60 bits per heavy atom. The van der Waals surface area contributed by atoms with Crippen LogP contribution in [0.3, 0.4) is 0 Å². The van der Waals surface area contributed by atoms with Crippen LogP contribution < -0.4 is 4.90 Å². The normalized spacial score (nSPS) is 14.8. The van der Waals surface area contributed by atoms with Crippen LogP contribution in [-0.4, -0.2) is 69.6 Å². The van der Waals surface area contributed by atoms with Crippen LogP contribution in [0.2, 0.25) is 5.02 Å². The summed E-state index contributed by atoms with van der Waals surface area (Å²) in [5.41, 5.74) is 0.590. The van der Waals surface area contributed by atoms with Crippen molar-refractivity contribution in [2.45, 2.75) is 12.4 Å². The zero-order valence-electron chi connectivity index (χ0n) is 21.6. The Morgan fingerprint density at radius 3 is 2.21 bits per heavy atom. The van der Waals surface area contributed by atoms with E-state index in [-0.39, 0.29) is 24.6 Å². The molecular weight excluding hydrogens is 588 g/mol. The predicted octanol–water partition coefficient (Wildman–Crippen LogP) is 6.66. The first kappa shape index (κ1) is 29.4. The van der Waals surface area contributed by atoms with E-state index >= 15 is 0 Å². The molecule has 0 bridgehead atoms. The number of piperazine rings is 1. The van der Waals surface area contributed by atoms with Crippen molar-refractivity contribution in [1.29, 1.82) is 0 Å². The zero-order chi connectivity index (χ0) is 30.2. The van der Waals surface area contributed by atoms with Crippen molar-refractivity contribution in [1.82, 2.24) is 19.7 Å². The lowest BCUT2D eigenvalue weighted by Crippen LogP contribution is -2.49. The van der Waals surface area contributed by atoms with Crippen LogP contribution in [0.25, 0.3) is 28.2 Å². The fourth-order valence-electron chi connectivity index (χ4n) is 4.89. The van der Waals surface area contributed by atoms with Gasteiger partial charge in [-0.05, 0) is 47.5 Å². The van der Waals surface area contributed by atoms with E-state index in [4.69, 9.17) is 11.6 Å². The van der Waals surface area contributed by atoms with E-state index in [0.717, 1.165) is 11.3 Å². The van der Waals surface area contributed by atoms with Gasteiger partial charge >= 0.3 is 18.3 Å². The minimum Gasteiger partial charge on any atom is -0.478 e. The molecule has 220 valence electrons. The van der Waals surface area contributed by atoms with Gasteiger partial charge in [-0.15, -0.1) is 0 Å². The Labute approximate surface area is 240 Å². The molecule has 0 radical (unpaired) electrons. The number of hydrogen-bond acceptors (Lipinski definition) is 5. The highest BCUT2D eigenvalue weighted by atomic mass is 35.5. The van der Waals surface area contributed by atoms with Crippen molar-refractivity contribution >= 4 is 23.3 Å². The summed E-state index contributed by atoms with van der Waals surface area (Å²) in [4.78, 5) is 19.1. The molecule has 1 saturated heterocycles. The molecule has 2 aromatic carbocycles. The Morgan fingerprint density at radius 1 is 0.905 bits per heavy atom. The van der Waals surface area contributed by atoms with Crippen LogP contribution in [0.15, 0.2) is 66.9 Å². The van der Waals surface area contributed by atoms with Gasteiger partial charge in [-0.3, -0.25) is 4.90 Å². The number of carboxylic acids is 1. The largest absolute Gasteiger partial charge is 0.478 e. The number of carboxylic acid groups (broad SMARTS) is 1. The Kier molecular flexibility index (Phi) is 7.90. The number of alkyl halides is 6. The molecule has 0 unspecified atom stereocenters. The highest BCUT2D eigenvalue weighted by Crippen LogP contribution is 2.37. The van der Waals surface area contributed by atoms with Gasteiger partial charge in [-0.25, -0.2) is 14.5 Å². The van der Waals surface area contributed by atoms with Gasteiger partial charge in [0.2, 0.25) is 0 Å². The number of benzene rings is 2. The molecule has 1 N–H and O–H groups in total. The second kappa shape index (κ2) is 11.3. The molecule has 0 atom stereocenters. The lowest BCUT2D eigenvalue weighted by Gasteiger charge is -2.36. The summed E-state index contributed by atoms with van der Waals surface area (Å²) in [5.74, 6) is -2.01. The number of anilines is 1. The van der Waals surface area contributed by atoms with Crippen molar-refractivity contribution < 1.29 is 36.2 Å². The van der Waals surface area contributed by atoms with Gasteiger partial charge in [0, 0.05) is 42.5 Å². The molecule has 42 heavy (non-hydrogen) atoms. The lowest BCUT2D eigenvalue weighted by atomic mass is 9.97. The van der Waals surface area contributed by atoms with Crippen molar-refractivity contribution in [2.24, 2.45) is 0 Å². The number of hydrogen-bond donors (Lipinski definition) is 1. The average molecular weight is 610 g/mol. The maximum Gasteiger partial charge on any atom is 0.434 e. The van der Waals surface area contributed by atoms with Gasteiger partial charge in [0.25, 0.3) is 0 Å². The standard InChI is InChI=1S/C28H22ClF6N5O2/c29-18-6-9-20(17-4-7-19(8-5-17)39-12-10-38(11-13-39)16-27(30,31)32)21(14-18)23-2-1-3-24(37-23)40-25(28(33,34)35)22(15-36-40)26(41)42/h1-9,14-15H,10-13,16H2,(H,41,42). The summed E-state index contributed by atoms with van der Waals surface area (Å²) in [7, 11) is 0. The van der Waals surface area contributed by atoms with Gasteiger partial charge < -0.3 is 10.0 Å². The second-order valence-electron chi connectivity index (χ2n) is 9.62. The molecule has 0 spiro atoms. The third-order valence-corrected chi connectivity index (χ3v) is 7.03. The van der Waals surface area contributed by atoms with E-state index in [2.05, 4.69) is 10.1 Å². The molecule has 0 aliphatic carbocycles. The van der Waals surface area contributed by atoms with E-state index < -0.39 is 36.1 Å². The summed E-state index contributed by atoms with van der Waals surface area (Å²) in [6, 6.07) is 16.7. The van der Waals surface area contributed by atoms with Crippen LogP contribution in [0.5, 0.6) is 0 Å². The first-order chi connectivity index (χ1) is 19.8. The predicted molar refractivity (Wildman–Crippen MR) is 144 cm³/mol. The maximum absolute atomic E-state index is 13.8. The number of nitrogens with zero attached hydrogens (tertiary/aromatic N) is 5. The van der Waals surface area contributed by atoms with Crippen molar-refractivity contribution in [3.63, 3.8) is 0 Å². The van der Waals surface area contributed by atoms with E-state index in [0.29, 0.717) is 40.1 Å². The number of rotatable bonds is 6. The highest BCUT2D eigenvalue weighted by molar-refractivity contribution is 6.31. The smallest absolute Gasteiger partial charge is 0.434 e. The van der Waals surface area contributed by atoms with Gasteiger partial charge in [0.15, 0.2) is 11.5 Å². The molecule has 0 amide bonds. The molecule has 1 aliphatic rings. The van der Waals surface area contributed by atoms with Gasteiger partial charge in [0.1, 0.15) is 5.56 Å². The molecule has 4 aromatic rings. The summed E-state index contributed by atoms with van der Waals surface area (Å²) in [5, 5.41) is 13.2. The van der Waals surface area contributed by atoms with Crippen LogP contribution in [-0.2, 0) is 6.18 Å². The number of aromatic carboxylic acids is 1. The molecule has 0 saturated carbocycles. The van der Waals surface area contributed by atoms with Gasteiger partial charge in [-0.2, -0.15) is 31.4 Å². The monoisotopic (exact) mass is 609 g/mol. The van der Waals surface area contributed by atoms with Crippen molar-refractivity contribution in [2.75, 3.05) is 37.6 Å². The highest BCUT2D eigenvalue weighted by Gasteiger charge is 2.41. The van der Waals surface area contributed by atoms with E-state index in [1.165, 1.54) is 17.0 Å². The zero-order valence-corrected chi connectivity index (χ0v) is 22.4. The summed E-state index contributed by atoms with van der Waals surface area (Å²) < 4.78 is 79.9. The minimum atomic E-state index is -5.00. The molecular formula is C28H22ClF6N5O2. The van der Waals surface area contributed by atoms with Crippen molar-refractivity contribution in [3.8, 4) is 28.2 Å². The summed E-state index contributed by atoms with van der Waals surface area (Å²) in [6.07, 6.45) is -8.62. The first-order valence-corrected chi connectivity index (χ1v) is 13.0. The molecule has 1 aliphatic heterocycles. The van der Waals surface area contributed by atoms with Crippen LogP contribution in [0.1, 0.15) is 16.1 Å². The SMILES string of the molecule is O=C(O)c1cnn(-c2cccc(-c3cc(Cl)ccc3-c3ccc(N4CCN(CC(F)(F)F)CC4)cc3)n2)c1C(F)(F)F. The quantitative estimate of drug-likeness (QED) is 0.247. The number of aromatic nitrogens is 3. The first-order valence-electron chi connectivity index (χ1n) is 12.6. The maximum atomic E-state index is 13.8. The van der Waals surface area contributed by atoms with Crippen LogP contribution in [0, 0.1) is 0 Å². The minimum absolute atomic E-state index is 0.238. The van der Waals surface area contributed by atoms with E-state index in [1.54, 1.807) is 24.3 Å². The molecule has 14 heteroatoms. The van der Waals surface area contributed by atoms with E-state index in [9.17, 15) is 36.2 Å². The van der Waals surface area contributed by atoms with Crippen molar-refractivity contribution in [3.05, 3.63) is 83.1 Å². The Balaban J connectivity index is 1.44. The number of halogens is 7. The number of carbonyl (C=O) groups is 1. The fourth-order valence-corrected chi connectivity index (χ4v) is 5.06. The van der Waals surface area contributed by atoms with E-state index in [1.807, 2.05) is 29.2 Å². The molecule has 2 aromatic heterocycles. The molecule has 5 rings (SSSR count). The molecule has 1 fully saturated rings. The summed E-state index contributed by atoms with van der Waals surface area (Å²) >= 11 is 6.27. The summed E-state index contributed by atoms with van der Waals surface area (Å²) in [6.45, 7) is 0.507. The Bertz CT molecular complexity index is 1600.